The molecule has 14 heavy (non-hydrogen) atoms. The molecule has 0 atom stereocenters. The second kappa shape index (κ2) is 4.66. The minimum Gasteiger partial charge on any atom is -0.370 e. The number of hydrogen-bond acceptors (Lipinski definition) is 5. The van der Waals surface area contributed by atoms with Crippen LogP contribution in [-0.4, -0.2) is 22.0 Å². The lowest BCUT2D eigenvalue weighted by Gasteiger charge is -1.97. The largest absolute Gasteiger partial charge is 0.370 e. The van der Waals surface area contributed by atoms with E-state index in [2.05, 4.69) is 15.5 Å². The van der Waals surface area contributed by atoms with Crippen molar-refractivity contribution >= 4 is 28.3 Å². The topological polar surface area (TPSA) is 98.0 Å². The molecule has 0 aromatic carbocycles. The van der Waals surface area contributed by atoms with Crippen molar-refractivity contribution in [1.82, 2.24) is 10.2 Å². The summed E-state index contributed by atoms with van der Waals surface area (Å²) in [5.74, 6) is -0.770. The zero-order valence-electron chi connectivity index (χ0n) is 7.61. The molecule has 0 bridgehead atoms. The van der Waals surface area contributed by atoms with E-state index in [0.29, 0.717) is 5.13 Å². The number of aromatic nitrogens is 2. The highest BCUT2D eigenvalue weighted by molar-refractivity contribution is 7.15. The molecule has 3 N–H and O–H groups in total. The van der Waals surface area contributed by atoms with E-state index < -0.39 is 5.91 Å². The predicted octanol–water partition coefficient (Wildman–Crippen LogP) is 0.0505. The Morgan fingerprint density at radius 3 is 2.64 bits per heavy atom. The van der Waals surface area contributed by atoms with E-state index in [9.17, 15) is 9.59 Å². The van der Waals surface area contributed by atoms with Crippen molar-refractivity contribution in [3.05, 3.63) is 5.01 Å². The van der Waals surface area contributed by atoms with Gasteiger partial charge in [0.1, 0.15) is 5.01 Å². The molecule has 76 valence electrons. The van der Waals surface area contributed by atoms with E-state index in [-0.39, 0.29) is 18.7 Å². The molecular weight excluding hydrogens is 204 g/mol. The molecule has 0 spiro atoms. The highest BCUT2D eigenvalue weighted by atomic mass is 32.1. The molecule has 2 amide bonds. The summed E-state index contributed by atoms with van der Waals surface area (Å²) < 4.78 is 0. The summed E-state index contributed by atoms with van der Waals surface area (Å²) in [4.78, 5) is 21.5. The highest BCUT2D eigenvalue weighted by Crippen LogP contribution is 2.13. The molecule has 0 fully saturated rings. The maximum atomic E-state index is 11.1. The van der Waals surface area contributed by atoms with Crippen LogP contribution < -0.4 is 11.1 Å². The van der Waals surface area contributed by atoms with Crippen molar-refractivity contribution < 1.29 is 9.59 Å². The standard InChI is InChI=1S/C7H10N4O2S/c1-4-10-11-7(14-4)9-6(13)3-2-5(8)12/h2-3H2,1H3,(H2,8,12)(H,9,11,13). The monoisotopic (exact) mass is 214 g/mol. The second-order valence-electron chi connectivity index (χ2n) is 2.64. The van der Waals surface area contributed by atoms with Gasteiger partial charge < -0.3 is 11.1 Å². The SMILES string of the molecule is Cc1nnc(NC(=O)CCC(N)=O)s1. The van der Waals surface area contributed by atoms with Gasteiger partial charge in [-0.25, -0.2) is 0 Å². The van der Waals surface area contributed by atoms with Gasteiger partial charge >= 0.3 is 0 Å². The molecular formula is C7H10N4O2S. The van der Waals surface area contributed by atoms with Crippen LogP contribution in [-0.2, 0) is 9.59 Å². The summed E-state index contributed by atoms with van der Waals surface area (Å²) in [7, 11) is 0. The minimum absolute atomic E-state index is 0.0453. The van der Waals surface area contributed by atoms with E-state index in [4.69, 9.17) is 5.73 Å². The molecule has 7 heteroatoms. The Morgan fingerprint density at radius 1 is 1.43 bits per heavy atom. The van der Waals surface area contributed by atoms with Gasteiger partial charge in [-0.3, -0.25) is 9.59 Å². The highest BCUT2D eigenvalue weighted by Gasteiger charge is 2.07. The maximum absolute atomic E-state index is 11.1. The number of carbonyl (C=O) groups excluding carboxylic acids is 2. The lowest BCUT2D eigenvalue weighted by Crippen LogP contribution is -2.17. The van der Waals surface area contributed by atoms with Gasteiger partial charge in [-0.1, -0.05) is 11.3 Å². The van der Waals surface area contributed by atoms with E-state index >= 15 is 0 Å². The van der Waals surface area contributed by atoms with E-state index in [0.717, 1.165) is 5.01 Å². The Balaban J connectivity index is 2.37. The van der Waals surface area contributed by atoms with Crippen LogP contribution in [0.5, 0.6) is 0 Å². The van der Waals surface area contributed by atoms with Crippen LogP contribution in [0.2, 0.25) is 0 Å². The smallest absolute Gasteiger partial charge is 0.226 e. The Morgan fingerprint density at radius 2 is 2.14 bits per heavy atom. The fraction of sp³-hybridized carbons (Fsp3) is 0.429. The third kappa shape index (κ3) is 3.48. The Labute approximate surface area is 84.5 Å². The summed E-state index contributed by atoms with van der Waals surface area (Å²) >= 11 is 1.28. The quantitative estimate of drug-likeness (QED) is 0.739. The van der Waals surface area contributed by atoms with Gasteiger partial charge in [-0.15, -0.1) is 10.2 Å². The number of nitrogens with zero attached hydrogens (tertiary/aromatic N) is 2. The van der Waals surface area contributed by atoms with Gasteiger partial charge in [-0.2, -0.15) is 0 Å². The summed E-state index contributed by atoms with van der Waals surface area (Å²) in [5, 5.41) is 11.2. The molecule has 0 unspecified atom stereocenters. The van der Waals surface area contributed by atoms with Gasteiger partial charge in [0, 0.05) is 12.8 Å². The number of hydrogen-bond donors (Lipinski definition) is 2. The van der Waals surface area contributed by atoms with Crippen molar-refractivity contribution in [2.75, 3.05) is 5.32 Å². The second-order valence-corrected chi connectivity index (χ2v) is 3.82. The Bertz CT molecular complexity index is 349. The average Bonchev–Trinajstić information content (AvgIpc) is 2.48. The predicted molar refractivity (Wildman–Crippen MR) is 51.7 cm³/mol. The molecule has 0 aliphatic rings. The van der Waals surface area contributed by atoms with Gasteiger partial charge in [0.05, 0.1) is 0 Å². The van der Waals surface area contributed by atoms with Crippen LogP contribution in [0.3, 0.4) is 0 Å². The van der Waals surface area contributed by atoms with Gasteiger partial charge in [0.2, 0.25) is 16.9 Å². The minimum atomic E-state index is -0.492. The molecule has 1 rings (SSSR count). The lowest BCUT2D eigenvalue weighted by atomic mass is 10.3. The molecule has 0 saturated heterocycles. The molecule has 0 aliphatic carbocycles. The first-order valence-electron chi connectivity index (χ1n) is 3.96. The van der Waals surface area contributed by atoms with E-state index in [1.807, 2.05) is 0 Å². The summed E-state index contributed by atoms with van der Waals surface area (Å²) in [6.07, 6.45) is 0.123. The van der Waals surface area contributed by atoms with Crippen LogP contribution in [0, 0.1) is 6.92 Å². The first kappa shape index (κ1) is 10.6. The number of aryl methyl sites for hydroxylation is 1. The van der Waals surface area contributed by atoms with Crippen molar-refractivity contribution in [2.45, 2.75) is 19.8 Å². The third-order valence-electron chi connectivity index (χ3n) is 1.37. The Kier molecular flexibility index (Phi) is 3.52. The van der Waals surface area contributed by atoms with Crippen LogP contribution in [0.25, 0.3) is 0 Å². The van der Waals surface area contributed by atoms with Crippen LogP contribution in [0.1, 0.15) is 17.8 Å². The Hall–Kier alpha value is -1.50. The number of primary amides is 1. The zero-order valence-corrected chi connectivity index (χ0v) is 8.43. The molecule has 0 aliphatic heterocycles. The number of carbonyl (C=O) groups is 2. The molecule has 0 saturated carbocycles. The van der Waals surface area contributed by atoms with E-state index in [1.54, 1.807) is 6.92 Å². The summed E-state index contributed by atoms with van der Waals surface area (Å²) in [6.45, 7) is 1.79. The third-order valence-corrected chi connectivity index (χ3v) is 2.12. The fourth-order valence-corrected chi connectivity index (χ4v) is 1.37. The first-order chi connectivity index (χ1) is 6.58. The molecule has 1 aromatic heterocycles. The van der Waals surface area contributed by atoms with E-state index in [1.165, 1.54) is 11.3 Å². The number of nitrogens with one attached hydrogen (secondary N) is 1. The molecule has 1 heterocycles. The zero-order chi connectivity index (χ0) is 10.6. The average molecular weight is 214 g/mol. The number of amides is 2. The van der Waals surface area contributed by atoms with Crippen molar-refractivity contribution in [1.29, 1.82) is 0 Å². The molecule has 0 radical (unpaired) electrons. The fourth-order valence-electron chi connectivity index (χ4n) is 0.766. The normalized spacial score (nSPS) is 9.79. The first-order valence-corrected chi connectivity index (χ1v) is 4.78. The number of rotatable bonds is 4. The van der Waals surface area contributed by atoms with Gasteiger partial charge in [0.15, 0.2) is 0 Å². The molecule has 1 aromatic rings. The lowest BCUT2D eigenvalue weighted by molar-refractivity contribution is -0.122. The molecule has 6 nitrogen and oxygen atoms in total. The van der Waals surface area contributed by atoms with Gasteiger partial charge in [-0.05, 0) is 6.92 Å². The van der Waals surface area contributed by atoms with Crippen LogP contribution >= 0.6 is 11.3 Å². The number of nitrogens with two attached hydrogens (primary N) is 1. The van der Waals surface area contributed by atoms with Crippen LogP contribution in [0.15, 0.2) is 0 Å². The maximum Gasteiger partial charge on any atom is 0.226 e. The van der Waals surface area contributed by atoms with Crippen molar-refractivity contribution in [3.63, 3.8) is 0 Å². The van der Waals surface area contributed by atoms with Crippen molar-refractivity contribution in [2.24, 2.45) is 5.73 Å². The summed E-state index contributed by atoms with van der Waals surface area (Å²) in [5.41, 5.74) is 4.89. The summed E-state index contributed by atoms with van der Waals surface area (Å²) in [6, 6.07) is 0. The van der Waals surface area contributed by atoms with Gasteiger partial charge in [0.25, 0.3) is 0 Å². The number of anilines is 1. The van der Waals surface area contributed by atoms with Crippen molar-refractivity contribution in [3.8, 4) is 0 Å². The van der Waals surface area contributed by atoms with Crippen LogP contribution in [0.4, 0.5) is 5.13 Å².